The molecule has 1 aromatic heterocycles. The number of carbonyl (C=O) groups is 1. The van der Waals surface area contributed by atoms with Crippen molar-refractivity contribution in [2.45, 2.75) is 33.9 Å². The fraction of sp³-hybridized carbons (Fsp3) is 0.259. The van der Waals surface area contributed by atoms with E-state index < -0.39 is 0 Å². The molecule has 170 valence electrons. The number of hydrogen-bond donors (Lipinski definition) is 1. The highest BCUT2D eigenvalue weighted by Gasteiger charge is 2.16. The molecule has 33 heavy (non-hydrogen) atoms. The molecule has 4 rings (SSSR count). The maximum absolute atomic E-state index is 12.9. The Balaban J connectivity index is 1.63. The van der Waals surface area contributed by atoms with E-state index in [0.717, 1.165) is 16.9 Å². The summed E-state index contributed by atoms with van der Waals surface area (Å²) in [4.78, 5) is 17.7. The number of benzene rings is 3. The predicted molar refractivity (Wildman–Crippen MR) is 130 cm³/mol. The number of fused-ring (bicyclic) bond motifs is 1. The lowest BCUT2D eigenvalue weighted by atomic mass is 9.99. The molecular formula is C27H29N3O3. The third kappa shape index (κ3) is 4.55. The summed E-state index contributed by atoms with van der Waals surface area (Å²) in [5.41, 5.74) is 7.50. The van der Waals surface area contributed by atoms with Crippen LogP contribution in [0.15, 0.2) is 54.6 Å². The summed E-state index contributed by atoms with van der Waals surface area (Å²) in [6, 6.07) is 17.6. The van der Waals surface area contributed by atoms with Gasteiger partial charge in [0.1, 0.15) is 5.82 Å². The number of imidazole rings is 1. The minimum atomic E-state index is -0.197. The van der Waals surface area contributed by atoms with Crippen LogP contribution in [0.5, 0.6) is 11.5 Å². The average molecular weight is 444 g/mol. The molecule has 0 aliphatic carbocycles. The maximum atomic E-state index is 12.9. The van der Waals surface area contributed by atoms with Gasteiger partial charge in [-0.25, -0.2) is 4.98 Å². The number of para-hydroxylation sites is 2. The number of amides is 1. The van der Waals surface area contributed by atoms with Crippen LogP contribution in [0.25, 0.3) is 11.0 Å². The van der Waals surface area contributed by atoms with E-state index in [-0.39, 0.29) is 5.91 Å². The molecule has 0 bridgehead atoms. The van der Waals surface area contributed by atoms with E-state index in [2.05, 4.69) is 48.9 Å². The van der Waals surface area contributed by atoms with Gasteiger partial charge in [-0.2, -0.15) is 0 Å². The minimum Gasteiger partial charge on any atom is -0.493 e. The third-order valence-electron chi connectivity index (χ3n) is 5.94. The van der Waals surface area contributed by atoms with Crippen LogP contribution in [0.1, 0.15) is 38.4 Å². The zero-order chi connectivity index (χ0) is 23.5. The fourth-order valence-electron chi connectivity index (χ4n) is 4.29. The molecule has 0 aliphatic rings. The summed E-state index contributed by atoms with van der Waals surface area (Å²) in [6.07, 6.45) is 0. The monoisotopic (exact) mass is 443 g/mol. The number of nitrogens with one attached hydrogen (secondary N) is 1. The molecule has 1 heterocycles. The van der Waals surface area contributed by atoms with Crippen molar-refractivity contribution in [3.05, 3.63) is 88.2 Å². The van der Waals surface area contributed by atoms with Crippen molar-refractivity contribution >= 4 is 16.9 Å². The zero-order valence-corrected chi connectivity index (χ0v) is 19.7. The molecule has 3 aromatic carbocycles. The lowest BCUT2D eigenvalue weighted by Gasteiger charge is -2.15. The van der Waals surface area contributed by atoms with Crippen molar-refractivity contribution in [3.8, 4) is 11.5 Å². The van der Waals surface area contributed by atoms with Gasteiger partial charge in [0.25, 0.3) is 5.91 Å². The van der Waals surface area contributed by atoms with Crippen LogP contribution in [0.3, 0.4) is 0 Å². The molecule has 6 heteroatoms. The Morgan fingerprint density at radius 2 is 1.64 bits per heavy atom. The third-order valence-corrected chi connectivity index (χ3v) is 5.94. The first-order chi connectivity index (χ1) is 15.9. The van der Waals surface area contributed by atoms with Crippen LogP contribution in [0.4, 0.5) is 0 Å². The zero-order valence-electron chi connectivity index (χ0n) is 19.7. The Morgan fingerprint density at radius 1 is 0.939 bits per heavy atom. The summed E-state index contributed by atoms with van der Waals surface area (Å²) < 4.78 is 12.8. The van der Waals surface area contributed by atoms with Gasteiger partial charge in [-0.3, -0.25) is 4.79 Å². The largest absolute Gasteiger partial charge is 0.493 e. The SMILES string of the molecule is COc1ccc(C(=O)NCc2nc3ccccc3n2Cc2c(C)cc(C)cc2C)cc1OC. The van der Waals surface area contributed by atoms with E-state index in [1.807, 2.05) is 18.2 Å². The van der Waals surface area contributed by atoms with Crippen molar-refractivity contribution < 1.29 is 14.3 Å². The van der Waals surface area contributed by atoms with Crippen LogP contribution in [0.2, 0.25) is 0 Å². The number of rotatable bonds is 7. The highest BCUT2D eigenvalue weighted by Crippen LogP contribution is 2.27. The number of nitrogens with zero attached hydrogens (tertiary/aromatic N) is 2. The van der Waals surface area contributed by atoms with E-state index in [1.165, 1.54) is 22.3 Å². The Labute approximate surface area is 194 Å². The Bertz CT molecular complexity index is 1300. The fourth-order valence-corrected chi connectivity index (χ4v) is 4.29. The smallest absolute Gasteiger partial charge is 0.251 e. The van der Waals surface area contributed by atoms with Gasteiger partial charge in [-0.1, -0.05) is 29.8 Å². The first-order valence-corrected chi connectivity index (χ1v) is 10.9. The van der Waals surface area contributed by atoms with Crippen molar-refractivity contribution in [1.29, 1.82) is 0 Å². The summed E-state index contributed by atoms with van der Waals surface area (Å²) in [6.45, 7) is 7.41. The topological polar surface area (TPSA) is 65.4 Å². The molecule has 0 radical (unpaired) electrons. The van der Waals surface area contributed by atoms with Crippen molar-refractivity contribution in [1.82, 2.24) is 14.9 Å². The highest BCUT2D eigenvalue weighted by molar-refractivity contribution is 5.94. The first kappa shape index (κ1) is 22.4. The van der Waals surface area contributed by atoms with Gasteiger partial charge in [0.15, 0.2) is 11.5 Å². The standard InChI is InChI=1S/C27H29N3O3/c1-17-12-18(2)21(19(3)13-17)16-30-23-9-7-6-8-22(23)29-26(30)15-28-27(31)20-10-11-24(32-4)25(14-20)33-5/h6-14H,15-16H2,1-5H3,(H,28,31). The van der Waals surface area contributed by atoms with E-state index in [0.29, 0.717) is 30.2 Å². The van der Waals surface area contributed by atoms with Crippen LogP contribution in [0, 0.1) is 20.8 Å². The van der Waals surface area contributed by atoms with Gasteiger partial charge in [0.05, 0.1) is 31.8 Å². The second kappa shape index (κ2) is 9.36. The quantitative estimate of drug-likeness (QED) is 0.439. The number of methoxy groups -OCH3 is 2. The predicted octanol–water partition coefficient (Wildman–Crippen LogP) is 4.96. The van der Waals surface area contributed by atoms with Crippen molar-refractivity contribution in [3.63, 3.8) is 0 Å². The lowest BCUT2D eigenvalue weighted by Crippen LogP contribution is -2.25. The molecule has 0 aliphatic heterocycles. The lowest BCUT2D eigenvalue weighted by molar-refractivity contribution is 0.0949. The maximum Gasteiger partial charge on any atom is 0.251 e. The van der Waals surface area contributed by atoms with E-state index in [1.54, 1.807) is 32.4 Å². The molecule has 6 nitrogen and oxygen atoms in total. The number of hydrogen-bond acceptors (Lipinski definition) is 4. The number of carbonyl (C=O) groups excluding carboxylic acids is 1. The molecule has 0 atom stereocenters. The molecular weight excluding hydrogens is 414 g/mol. The first-order valence-electron chi connectivity index (χ1n) is 10.9. The summed E-state index contributed by atoms with van der Waals surface area (Å²) in [7, 11) is 3.12. The average Bonchev–Trinajstić information content (AvgIpc) is 3.16. The summed E-state index contributed by atoms with van der Waals surface area (Å²) >= 11 is 0. The molecule has 0 saturated carbocycles. The molecule has 0 spiro atoms. The molecule has 1 N–H and O–H groups in total. The molecule has 0 unspecified atom stereocenters. The van der Waals surface area contributed by atoms with E-state index >= 15 is 0 Å². The number of aromatic nitrogens is 2. The van der Waals surface area contributed by atoms with Crippen molar-refractivity contribution in [2.75, 3.05) is 14.2 Å². The molecule has 1 amide bonds. The Hall–Kier alpha value is -3.80. The van der Waals surface area contributed by atoms with E-state index in [4.69, 9.17) is 14.5 Å². The van der Waals surface area contributed by atoms with Crippen LogP contribution in [-0.4, -0.2) is 29.7 Å². The molecule has 0 saturated heterocycles. The normalized spacial score (nSPS) is 10.9. The van der Waals surface area contributed by atoms with Crippen LogP contribution < -0.4 is 14.8 Å². The van der Waals surface area contributed by atoms with Gasteiger partial charge in [0, 0.05) is 12.1 Å². The Morgan fingerprint density at radius 3 is 2.33 bits per heavy atom. The highest BCUT2D eigenvalue weighted by atomic mass is 16.5. The van der Waals surface area contributed by atoms with Gasteiger partial charge < -0.3 is 19.4 Å². The van der Waals surface area contributed by atoms with Crippen LogP contribution >= 0.6 is 0 Å². The number of ether oxygens (including phenoxy) is 2. The minimum absolute atomic E-state index is 0.197. The van der Waals surface area contributed by atoms with Crippen LogP contribution in [-0.2, 0) is 13.1 Å². The number of aryl methyl sites for hydroxylation is 3. The van der Waals surface area contributed by atoms with Crippen molar-refractivity contribution in [2.24, 2.45) is 0 Å². The second-order valence-corrected chi connectivity index (χ2v) is 8.23. The van der Waals surface area contributed by atoms with Gasteiger partial charge in [-0.05, 0) is 67.8 Å². The summed E-state index contributed by atoms with van der Waals surface area (Å²) in [5, 5.41) is 3.01. The van der Waals surface area contributed by atoms with Gasteiger partial charge in [-0.15, -0.1) is 0 Å². The van der Waals surface area contributed by atoms with Gasteiger partial charge >= 0.3 is 0 Å². The van der Waals surface area contributed by atoms with Gasteiger partial charge in [0.2, 0.25) is 0 Å². The molecule has 0 fully saturated rings. The molecule has 4 aromatic rings. The second-order valence-electron chi connectivity index (χ2n) is 8.23. The van der Waals surface area contributed by atoms with E-state index in [9.17, 15) is 4.79 Å². The summed E-state index contributed by atoms with van der Waals surface area (Å²) in [5.74, 6) is 1.71. The Kier molecular flexibility index (Phi) is 6.36.